The number of hydrogen-bond donors (Lipinski definition) is 2. The Kier molecular flexibility index (Phi) is 4.27. The van der Waals surface area contributed by atoms with E-state index in [2.05, 4.69) is 31.3 Å². The molecule has 0 fully saturated rings. The minimum atomic E-state index is -0.310. The van der Waals surface area contributed by atoms with Crippen molar-refractivity contribution in [2.75, 3.05) is 18.4 Å². The van der Waals surface area contributed by atoms with Crippen LogP contribution < -0.4 is 10.6 Å². The minimum Gasteiger partial charge on any atom is -0.351 e. The molecule has 0 saturated heterocycles. The van der Waals surface area contributed by atoms with Gasteiger partial charge in [-0.2, -0.15) is 4.68 Å². The third-order valence-corrected chi connectivity index (χ3v) is 3.02. The topological polar surface area (TPSA) is 111 Å². The largest absolute Gasteiger partial charge is 0.351 e. The summed E-state index contributed by atoms with van der Waals surface area (Å²) < 4.78 is 6.47. The highest BCUT2D eigenvalue weighted by Crippen LogP contribution is 2.09. The molecule has 0 bridgehead atoms. The molecule has 3 aromatic rings. The highest BCUT2D eigenvalue weighted by molar-refractivity contribution is 5.91. The monoisotopic (exact) mass is 313 g/mol. The first-order chi connectivity index (χ1) is 11.2. The maximum Gasteiger partial charge on any atom is 0.289 e. The van der Waals surface area contributed by atoms with Crippen LogP contribution in [-0.4, -0.2) is 44.4 Å². The fraction of sp³-hybridized carbons (Fsp3) is 0.214. The van der Waals surface area contributed by atoms with Gasteiger partial charge in [0.25, 0.3) is 5.91 Å². The zero-order valence-electron chi connectivity index (χ0n) is 12.4. The van der Waals surface area contributed by atoms with Gasteiger partial charge in [-0.3, -0.25) is 4.79 Å². The average Bonchev–Trinajstić information content (AvgIpc) is 3.21. The Morgan fingerprint density at radius 1 is 1.26 bits per heavy atom. The molecule has 1 aromatic carbocycles. The van der Waals surface area contributed by atoms with Crippen LogP contribution in [0.4, 0.5) is 5.95 Å². The number of carbonyl (C=O) groups excluding carboxylic acids is 1. The van der Waals surface area contributed by atoms with E-state index in [1.807, 2.05) is 30.3 Å². The number of rotatable bonds is 6. The van der Waals surface area contributed by atoms with Gasteiger partial charge in [-0.15, -0.1) is 0 Å². The van der Waals surface area contributed by atoms with Crippen molar-refractivity contribution < 1.29 is 9.32 Å². The molecule has 9 heteroatoms. The highest BCUT2D eigenvalue weighted by atomic mass is 16.5. The van der Waals surface area contributed by atoms with Crippen molar-refractivity contribution in [1.29, 1.82) is 0 Å². The van der Waals surface area contributed by atoms with E-state index in [4.69, 9.17) is 4.52 Å². The summed E-state index contributed by atoms with van der Waals surface area (Å²) in [5.41, 5.74) is 1.51. The Bertz CT molecular complexity index is 781. The number of carbonyl (C=O) groups is 1. The van der Waals surface area contributed by atoms with Gasteiger partial charge in [0, 0.05) is 19.2 Å². The number of benzene rings is 1. The van der Waals surface area contributed by atoms with Gasteiger partial charge < -0.3 is 15.2 Å². The number of amides is 1. The van der Waals surface area contributed by atoms with E-state index in [1.54, 1.807) is 17.7 Å². The number of aryl methyl sites for hydroxylation is 1. The summed E-state index contributed by atoms with van der Waals surface area (Å²) in [5, 5.41) is 21.0. The van der Waals surface area contributed by atoms with Crippen LogP contribution in [0.3, 0.4) is 0 Å². The summed E-state index contributed by atoms with van der Waals surface area (Å²) in [6.07, 6.45) is 0. The average molecular weight is 313 g/mol. The molecule has 0 atom stereocenters. The number of nitrogens with zero attached hydrogens (tertiary/aromatic N) is 5. The molecule has 2 aromatic heterocycles. The van der Waals surface area contributed by atoms with Crippen molar-refractivity contribution >= 4 is 11.9 Å². The van der Waals surface area contributed by atoms with Crippen LogP contribution in [0.1, 0.15) is 16.2 Å². The molecule has 1 amide bonds. The van der Waals surface area contributed by atoms with Crippen molar-refractivity contribution in [2.45, 2.75) is 6.92 Å². The maximum absolute atomic E-state index is 11.8. The Morgan fingerprint density at radius 3 is 2.83 bits per heavy atom. The second kappa shape index (κ2) is 6.69. The quantitative estimate of drug-likeness (QED) is 0.647. The van der Waals surface area contributed by atoms with Crippen molar-refractivity contribution in [3.8, 4) is 5.69 Å². The van der Waals surface area contributed by atoms with Crippen LogP contribution >= 0.6 is 0 Å². The zero-order chi connectivity index (χ0) is 16.1. The Morgan fingerprint density at radius 2 is 2.09 bits per heavy atom. The molecule has 3 rings (SSSR count). The second-order valence-electron chi connectivity index (χ2n) is 4.77. The minimum absolute atomic E-state index is 0.191. The van der Waals surface area contributed by atoms with Gasteiger partial charge >= 0.3 is 0 Å². The van der Waals surface area contributed by atoms with E-state index >= 15 is 0 Å². The molecule has 9 nitrogen and oxygen atoms in total. The summed E-state index contributed by atoms with van der Waals surface area (Å²) in [5.74, 6) is 0.382. The van der Waals surface area contributed by atoms with Gasteiger partial charge in [0.15, 0.2) is 0 Å². The zero-order valence-corrected chi connectivity index (χ0v) is 12.4. The summed E-state index contributed by atoms with van der Waals surface area (Å²) in [7, 11) is 0. The van der Waals surface area contributed by atoms with E-state index in [9.17, 15) is 4.79 Å². The molecule has 0 unspecified atom stereocenters. The predicted octanol–water partition coefficient (Wildman–Crippen LogP) is 0.801. The first kappa shape index (κ1) is 14.7. The van der Waals surface area contributed by atoms with Gasteiger partial charge in [0.1, 0.15) is 0 Å². The molecule has 2 N–H and O–H groups in total. The Labute approximate surface area is 131 Å². The molecular formula is C14H15N7O2. The van der Waals surface area contributed by atoms with E-state index in [1.165, 1.54) is 0 Å². The van der Waals surface area contributed by atoms with Gasteiger partial charge in [0.05, 0.1) is 11.4 Å². The molecule has 0 saturated carbocycles. The van der Waals surface area contributed by atoms with Crippen LogP contribution in [0.5, 0.6) is 0 Å². The highest BCUT2D eigenvalue weighted by Gasteiger charge is 2.11. The number of para-hydroxylation sites is 1. The molecule has 118 valence electrons. The molecular weight excluding hydrogens is 298 g/mol. The number of hydrogen-bond acceptors (Lipinski definition) is 7. The maximum atomic E-state index is 11.8. The van der Waals surface area contributed by atoms with E-state index in [0.717, 1.165) is 5.69 Å². The predicted molar refractivity (Wildman–Crippen MR) is 81.2 cm³/mol. The summed E-state index contributed by atoms with van der Waals surface area (Å²) in [6.45, 7) is 2.61. The molecule has 0 aliphatic heterocycles. The molecule has 0 spiro atoms. The van der Waals surface area contributed by atoms with Crippen LogP contribution in [0.25, 0.3) is 5.69 Å². The van der Waals surface area contributed by atoms with Crippen LogP contribution in [0, 0.1) is 6.92 Å². The van der Waals surface area contributed by atoms with Gasteiger partial charge in [-0.05, 0) is 29.5 Å². The summed E-state index contributed by atoms with van der Waals surface area (Å²) in [4.78, 5) is 11.8. The van der Waals surface area contributed by atoms with Crippen LogP contribution in [-0.2, 0) is 0 Å². The van der Waals surface area contributed by atoms with Gasteiger partial charge in [-0.1, -0.05) is 28.5 Å². The Hall–Kier alpha value is -3.23. The normalized spacial score (nSPS) is 10.5. The third kappa shape index (κ3) is 3.51. The standard InChI is InChI=1S/C14H15N7O2/c1-10-9-12(23-18-10)13(22)15-7-8-16-14-17-19-20-21(14)11-5-3-2-4-6-11/h2-6,9H,7-8H2,1H3,(H,15,22)(H,16,17,20). The molecule has 0 aliphatic carbocycles. The third-order valence-electron chi connectivity index (χ3n) is 3.02. The fourth-order valence-electron chi connectivity index (χ4n) is 1.95. The van der Waals surface area contributed by atoms with E-state index in [-0.39, 0.29) is 11.7 Å². The molecule has 0 aliphatic rings. The number of tetrazole rings is 1. The van der Waals surface area contributed by atoms with Gasteiger partial charge in [-0.25, -0.2) is 0 Å². The van der Waals surface area contributed by atoms with Crippen LogP contribution in [0.2, 0.25) is 0 Å². The van der Waals surface area contributed by atoms with Crippen molar-refractivity contribution in [3.63, 3.8) is 0 Å². The van der Waals surface area contributed by atoms with Crippen molar-refractivity contribution in [2.24, 2.45) is 0 Å². The van der Waals surface area contributed by atoms with Crippen molar-refractivity contribution in [1.82, 2.24) is 30.7 Å². The fourth-order valence-corrected chi connectivity index (χ4v) is 1.95. The number of anilines is 1. The van der Waals surface area contributed by atoms with E-state index in [0.29, 0.717) is 24.7 Å². The second-order valence-corrected chi connectivity index (χ2v) is 4.77. The number of nitrogens with one attached hydrogen (secondary N) is 2. The lowest BCUT2D eigenvalue weighted by molar-refractivity contribution is 0.0918. The first-order valence-corrected chi connectivity index (χ1v) is 7.03. The lowest BCUT2D eigenvalue weighted by Gasteiger charge is -2.07. The number of aromatic nitrogens is 5. The lowest BCUT2D eigenvalue weighted by Crippen LogP contribution is -2.29. The van der Waals surface area contributed by atoms with Crippen LogP contribution in [0.15, 0.2) is 40.9 Å². The molecule has 0 radical (unpaired) electrons. The van der Waals surface area contributed by atoms with Crippen molar-refractivity contribution in [3.05, 3.63) is 47.9 Å². The smallest absolute Gasteiger partial charge is 0.289 e. The first-order valence-electron chi connectivity index (χ1n) is 7.03. The molecule has 23 heavy (non-hydrogen) atoms. The molecule has 2 heterocycles. The lowest BCUT2D eigenvalue weighted by atomic mass is 10.3. The van der Waals surface area contributed by atoms with Gasteiger partial charge in [0.2, 0.25) is 11.7 Å². The summed E-state index contributed by atoms with van der Waals surface area (Å²) in [6, 6.07) is 11.1. The SMILES string of the molecule is Cc1cc(C(=O)NCCNc2nnnn2-c2ccccc2)on1. The summed E-state index contributed by atoms with van der Waals surface area (Å²) >= 11 is 0. The van der Waals surface area contributed by atoms with E-state index < -0.39 is 0 Å². The Balaban J connectivity index is 1.52.